The maximum Gasteiger partial charge on any atom is 0.269 e. The van der Waals surface area contributed by atoms with E-state index in [4.69, 9.17) is 0 Å². The number of nitrogens with zero attached hydrogens (tertiary/aromatic N) is 3. The van der Waals surface area contributed by atoms with Crippen molar-refractivity contribution in [3.05, 3.63) is 53.5 Å². The van der Waals surface area contributed by atoms with Crippen LogP contribution in [-0.2, 0) is 12.8 Å². The van der Waals surface area contributed by atoms with Crippen molar-refractivity contribution in [1.82, 2.24) is 25.6 Å². The van der Waals surface area contributed by atoms with Crippen molar-refractivity contribution in [2.75, 3.05) is 0 Å². The molecule has 0 bridgehead atoms. The zero-order chi connectivity index (χ0) is 20.1. The van der Waals surface area contributed by atoms with Crippen LogP contribution in [0.1, 0.15) is 56.0 Å². The molecular formula is C21H29N5OS. The maximum absolute atomic E-state index is 12.4. The Morgan fingerprint density at radius 3 is 2.61 bits per heavy atom. The molecule has 0 fully saturated rings. The van der Waals surface area contributed by atoms with Crippen LogP contribution in [0.3, 0.4) is 0 Å². The summed E-state index contributed by atoms with van der Waals surface area (Å²) in [5.74, 6) is 1.36. The highest BCUT2D eigenvalue weighted by Crippen LogP contribution is 2.36. The van der Waals surface area contributed by atoms with E-state index >= 15 is 0 Å². The molecule has 1 aliphatic carbocycles. The Morgan fingerprint density at radius 2 is 2.04 bits per heavy atom. The number of nitrogens with one attached hydrogen (secondary N) is 2. The summed E-state index contributed by atoms with van der Waals surface area (Å²) in [6, 6.07) is 7.67. The van der Waals surface area contributed by atoms with Crippen molar-refractivity contribution >= 4 is 17.7 Å². The maximum atomic E-state index is 12.4. The van der Waals surface area contributed by atoms with Gasteiger partial charge in [0.15, 0.2) is 5.16 Å². The van der Waals surface area contributed by atoms with Gasteiger partial charge in [-0.1, -0.05) is 50.7 Å². The SMILES string of the molecule is Cn1cnnc1SCc1ccc(C(=O)NNC2=CC[C@@H](C(C)(C)C)CC2)cc1. The molecule has 0 unspecified atom stereocenters. The zero-order valence-corrected chi connectivity index (χ0v) is 17.8. The first-order valence-electron chi connectivity index (χ1n) is 9.64. The van der Waals surface area contributed by atoms with Gasteiger partial charge in [-0.2, -0.15) is 0 Å². The number of rotatable bonds is 6. The number of aromatic nitrogens is 3. The molecule has 0 spiro atoms. The van der Waals surface area contributed by atoms with Gasteiger partial charge in [-0.05, 0) is 48.3 Å². The van der Waals surface area contributed by atoms with Gasteiger partial charge < -0.3 is 9.99 Å². The van der Waals surface area contributed by atoms with Crippen molar-refractivity contribution in [2.45, 2.75) is 50.9 Å². The molecule has 0 saturated carbocycles. The minimum absolute atomic E-state index is 0.119. The number of aryl methyl sites for hydroxylation is 1. The number of hydrogen-bond acceptors (Lipinski definition) is 5. The predicted molar refractivity (Wildman–Crippen MR) is 112 cm³/mol. The van der Waals surface area contributed by atoms with Crippen molar-refractivity contribution in [2.24, 2.45) is 18.4 Å². The standard InChI is InChI=1S/C21H29N5OS/c1-21(2,3)17-9-11-18(12-10-17)23-24-19(27)16-7-5-15(6-8-16)13-28-20-25-22-14-26(20)4/h5-8,11,14,17,23H,9-10,12-13H2,1-4H3,(H,24,27)/t17-/m1/s1. The van der Waals surface area contributed by atoms with Gasteiger partial charge in [0.2, 0.25) is 0 Å². The average Bonchev–Trinajstić information content (AvgIpc) is 3.09. The molecule has 1 aliphatic rings. The topological polar surface area (TPSA) is 71.8 Å². The van der Waals surface area contributed by atoms with E-state index in [2.05, 4.69) is 47.9 Å². The summed E-state index contributed by atoms with van der Waals surface area (Å²) in [5.41, 5.74) is 9.13. The average molecular weight is 400 g/mol. The quantitative estimate of drug-likeness (QED) is 0.566. The highest BCUT2D eigenvalue weighted by molar-refractivity contribution is 7.98. The number of allylic oxidation sites excluding steroid dienone is 2. The third kappa shape index (κ3) is 5.38. The van der Waals surface area contributed by atoms with Crippen LogP contribution in [0.4, 0.5) is 0 Å². The highest BCUT2D eigenvalue weighted by atomic mass is 32.2. The molecule has 1 atom stereocenters. The normalized spacial score (nSPS) is 17.1. The Kier molecular flexibility index (Phi) is 6.44. The molecule has 0 saturated heterocycles. The second kappa shape index (κ2) is 8.82. The van der Waals surface area contributed by atoms with Gasteiger partial charge >= 0.3 is 0 Å². The van der Waals surface area contributed by atoms with Gasteiger partial charge in [-0.25, -0.2) is 0 Å². The van der Waals surface area contributed by atoms with Gasteiger partial charge in [0.1, 0.15) is 6.33 Å². The number of carbonyl (C=O) groups excluding carboxylic acids is 1. The van der Waals surface area contributed by atoms with Gasteiger partial charge in [-0.15, -0.1) is 10.2 Å². The summed E-state index contributed by atoms with van der Waals surface area (Å²) in [6.45, 7) is 6.88. The van der Waals surface area contributed by atoms with E-state index in [-0.39, 0.29) is 5.91 Å². The van der Waals surface area contributed by atoms with Crippen LogP contribution in [0.2, 0.25) is 0 Å². The first kappa shape index (κ1) is 20.5. The Balaban J connectivity index is 1.47. The molecule has 0 radical (unpaired) electrons. The molecule has 1 amide bonds. The smallest absolute Gasteiger partial charge is 0.269 e. The molecule has 6 nitrogen and oxygen atoms in total. The lowest BCUT2D eigenvalue weighted by molar-refractivity contribution is 0.0937. The van der Waals surface area contributed by atoms with Crippen LogP contribution >= 0.6 is 11.8 Å². The Morgan fingerprint density at radius 1 is 1.29 bits per heavy atom. The third-order valence-corrected chi connectivity index (χ3v) is 6.33. The number of benzene rings is 1. The molecule has 1 aromatic heterocycles. The second-order valence-electron chi connectivity index (χ2n) is 8.36. The van der Waals surface area contributed by atoms with Gasteiger partial charge in [0.25, 0.3) is 5.91 Å². The molecule has 28 heavy (non-hydrogen) atoms. The molecule has 7 heteroatoms. The number of hydrazine groups is 1. The largest absolute Gasteiger partial charge is 0.312 e. The van der Waals surface area contributed by atoms with Crippen LogP contribution in [0.15, 0.2) is 47.5 Å². The molecule has 1 aromatic carbocycles. The first-order valence-corrected chi connectivity index (χ1v) is 10.6. The van der Waals surface area contributed by atoms with E-state index in [0.717, 1.165) is 41.4 Å². The Hall–Kier alpha value is -2.28. The fraction of sp³-hybridized carbons (Fsp3) is 0.476. The summed E-state index contributed by atoms with van der Waals surface area (Å²) in [4.78, 5) is 12.4. The fourth-order valence-corrected chi connectivity index (χ4v) is 4.09. The summed E-state index contributed by atoms with van der Waals surface area (Å²) < 4.78 is 1.89. The fourth-order valence-electron chi connectivity index (χ4n) is 3.25. The molecular weight excluding hydrogens is 370 g/mol. The van der Waals surface area contributed by atoms with E-state index in [9.17, 15) is 4.79 Å². The van der Waals surface area contributed by atoms with Crippen LogP contribution in [-0.4, -0.2) is 20.7 Å². The van der Waals surface area contributed by atoms with Gasteiger partial charge in [-0.3, -0.25) is 10.2 Å². The van der Waals surface area contributed by atoms with Crippen LogP contribution in [0.5, 0.6) is 0 Å². The zero-order valence-electron chi connectivity index (χ0n) is 17.0. The lowest BCUT2D eigenvalue weighted by Gasteiger charge is -2.33. The van der Waals surface area contributed by atoms with Crippen molar-refractivity contribution in [3.8, 4) is 0 Å². The van der Waals surface area contributed by atoms with Crippen molar-refractivity contribution in [1.29, 1.82) is 0 Å². The molecule has 1 heterocycles. The lowest BCUT2D eigenvalue weighted by Crippen LogP contribution is -2.38. The minimum atomic E-state index is -0.119. The number of hydrogen-bond donors (Lipinski definition) is 2. The van der Waals surface area contributed by atoms with Gasteiger partial charge in [0, 0.05) is 24.1 Å². The number of amides is 1. The molecule has 150 valence electrons. The molecule has 0 aliphatic heterocycles. The lowest BCUT2D eigenvalue weighted by atomic mass is 9.74. The van der Waals surface area contributed by atoms with Crippen LogP contribution < -0.4 is 10.9 Å². The highest BCUT2D eigenvalue weighted by Gasteiger charge is 2.26. The summed E-state index contributed by atoms with van der Waals surface area (Å²) in [6.07, 6.45) is 7.08. The van der Waals surface area contributed by atoms with Crippen molar-refractivity contribution < 1.29 is 4.79 Å². The summed E-state index contributed by atoms with van der Waals surface area (Å²) in [5, 5.41) is 8.81. The molecule has 2 aromatic rings. The monoisotopic (exact) mass is 399 g/mol. The predicted octanol–water partition coefficient (Wildman–Crippen LogP) is 4.07. The van der Waals surface area contributed by atoms with Crippen LogP contribution in [0, 0.1) is 11.3 Å². The summed E-state index contributed by atoms with van der Waals surface area (Å²) in [7, 11) is 1.92. The Bertz CT molecular complexity index is 835. The molecule has 3 rings (SSSR count). The van der Waals surface area contributed by atoms with E-state index in [1.165, 1.54) is 0 Å². The number of carbonyl (C=O) groups is 1. The van der Waals surface area contributed by atoms with E-state index in [1.807, 2.05) is 35.9 Å². The third-order valence-electron chi connectivity index (χ3n) is 5.23. The number of thioether (sulfide) groups is 1. The van der Waals surface area contributed by atoms with E-state index < -0.39 is 0 Å². The second-order valence-corrected chi connectivity index (χ2v) is 9.30. The molecule has 2 N–H and O–H groups in total. The van der Waals surface area contributed by atoms with Crippen molar-refractivity contribution in [3.63, 3.8) is 0 Å². The van der Waals surface area contributed by atoms with E-state index in [1.54, 1.807) is 18.1 Å². The Labute approximate surface area is 171 Å². The first-order chi connectivity index (χ1) is 13.3. The minimum Gasteiger partial charge on any atom is -0.312 e. The summed E-state index contributed by atoms with van der Waals surface area (Å²) >= 11 is 1.62. The van der Waals surface area contributed by atoms with Gasteiger partial charge in [0.05, 0.1) is 0 Å². The van der Waals surface area contributed by atoms with E-state index in [0.29, 0.717) is 16.9 Å². The van der Waals surface area contributed by atoms with Crippen LogP contribution in [0.25, 0.3) is 0 Å².